The van der Waals surface area contributed by atoms with Gasteiger partial charge in [-0.15, -0.1) is 0 Å². The molecule has 1 rings (SSSR count). The molecule has 0 aliphatic heterocycles. The van der Waals surface area contributed by atoms with Gasteiger partial charge in [-0.2, -0.15) is 0 Å². The van der Waals surface area contributed by atoms with E-state index in [0.717, 1.165) is 25.5 Å². The van der Waals surface area contributed by atoms with Crippen LogP contribution < -0.4 is 5.32 Å². The van der Waals surface area contributed by atoms with Gasteiger partial charge in [0.1, 0.15) is 0 Å². The molecule has 0 saturated heterocycles. The normalized spacial score (nSPS) is 10.1. The van der Waals surface area contributed by atoms with Crippen LogP contribution in [-0.2, 0) is 11.8 Å². The van der Waals surface area contributed by atoms with E-state index in [1.165, 1.54) is 0 Å². The summed E-state index contributed by atoms with van der Waals surface area (Å²) in [7, 11) is 1.77. The number of hydrogen-bond acceptors (Lipinski definition) is 2. The van der Waals surface area contributed by atoms with Gasteiger partial charge in [-0.3, -0.25) is 9.59 Å². The standard InChI is InChI=1S/C12H18N2O2/c1-3-4-5-6-12(16)13-10-7-11(9-15)14(2)8-10/h7-9H,3-6H2,1-2H3,(H,13,16). The molecule has 4 nitrogen and oxygen atoms in total. The molecule has 0 radical (unpaired) electrons. The van der Waals surface area contributed by atoms with E-state index in [1.807, 2.05) is 0 Å². The highest BCUT2D eigenvalue weighted by Gasteiger charge is 2.05. The van der Waals surface area contributed by atoms with Gasteiger partial charge in [0.15, 0.2) is 6.29 Å². The van der Waals surface area contributed by atoms with Crippen molar-refractivity contribution in [2.45, 2.75) is 32.6 Å². The van der Waals surface area contributed by atoms with E-state index in [1.54, 1.807) is 23.9 Å². The molecule has 1 heterocycles. The number of carbonyl (C=O) groups is 2. The van der Waals surface area contributed by atoms with Gasteiger partial charge in [0.2, 0.25) is 5.91 Å². The summed E-state index contributed by atoms with van der Waals surface area (Å²) in [6, 6.07) is 1.67. The molecule has 0 atom stereocenters. The Morgan fingerprint density at radius 1 is 1.50 bits per heavy atom. The third-order valence-electron chi connectivity index (χ3n) is 2.46. The number of amides is 1. The Labute approximate surface area is 95.6 Å². The number of anilines is 1. The van der Waals surface area contributed by atoms with Gasteiger partial charge in [0.25, 0.3) is 0 Å². The minimum Gasteiger partial charge on any atom is -0.346 e. The number of aryl methyl sites for hydroxylation is 1. The van der Waals surface area contributed by atoms with Crippen LogP contribution in [0.25, 0.3) is 0 Å². The summed E-state index contributed by atoms with van der Waals surface area (Å²) < 4.78 is 1.69. The van der Waals surface area contributed by atoms with Crippen LogP contribution in [0.1, 0.15) is 43.1 Å². The number of aldehydes is 1. The largest absolute Gasteiger partial charge is 0.346 e. The van der Waals surface area contributed by atoms with Crippen LogP contribution in [0, 0.1) is 0 Å². The van der Waals surface area contributed by atoms with E-state index in [0.29, 0.717) is 17.8 Å². The summed E-state index contributed by atoms with van der Waals surface area (Å²) >= 11 is 0. The molecule has 1 N–H and O–H groups in total. The second kappa shape index (κ2) is 6.10. The Kier molecular flexibility index (Phi) is 4.76. The lowest BCUT2D eigenvalue weighted by atomic mass is 10.2. The predicted molar refractivity (Wildman–Crippen MR) is 63.6 cm³/mol. The van der Waals surface area contributed by atoms with Gasteiger partial charge in [0, 0.05) is 19.7 Å². The Morgan fingerprint density at radius 3 is 2.81 bits per heavy atom. The monoisotopic (exact) mass is 222 g/mol. The summed E-state index contributed by atoms with van der Waals surface area (Å²) in [5.41, 5.74) is 1.25. The highest BCUT2D eigenvalue weighted by Crippen LogP contribution is 2.12. The molecule has 0 saturated carbocycles. The first kappa shape index (κ1) is 12.5. The lowest BCUT2D eigenvalue weighted by molar-refractivity contribution is -0.116. The number of unbranched alkanes of at least 4 members (excludes halogenated alkanes) is 2. The number of hydrogen-bond donors (Lipinski definition) is 1. The third-order valence-corrected chi connectivity index (χ3v) is 2.46. The molecule has 1 aromatic rings. The predicted octanol–water partition coefficient (Wildman–Crippen LogP) is 2.36. The van der Waals surface area contributed by atoms with E-state index in [9.17, 15) is 9.59 Å². The summed E-state index contributed by atoms with van der Waals surface area (Å²) in [5.74, 6) is 0.0106. The number of carbonyl (C=O) groups excluding carboxylic acids is 2. The number of rotatable bonds is 6. The third kappa shape index (κ3) is 3.53. The summed E-state index contributed by atoms with van der Waals surface area (Å²) in [6.07, 6.45) is 6.14. The van der Waals surface area contributed by atoms with E-state index in [4.69, 9.17) is 0 Å². The van der Waals surface area contributed by atoms with Gasteiger partial charge in [-0.05, 0) is 12.5 Å². The zero-order chi connectivity index (χ0) is 12.0. The van der Waals surface area contributed by atoms with Gasteiger partial charge in [-0.1, -0.05) is 19.8 Å². The maximum Gasteiger partial charge on any atom is 0.224 e. The van der Waals surface area contributed by atoms with Crippen molar-refractivity contribution in [3.63, 3.8) is 0 Å². The molecule has 1 aromatic heterocycles. The summed E-state index contributed by atoms with van der Waals surface area (Å²) in [4.78, 5) is 22.1. The molecule has 1 amide bonds. The quantitative estimate of drug-likeness (QED) is 0.593. The maximum atomic E-state index is 11.5. The van der Waals surface area contributed by atoms with Gasteiger partial charge < -0.3 is 9.88 Å². The van der Waals surface area contributed by atoms with Crippen molar-refractivity contribution < 1.29 is 9.59 Å². The minimum atomic E-state index is 0.0106. The van der Waals surface area contributed by atoms with E-state index in [-0.39, 0.29) is 5.91 Å². The Morgan fingerprint density at radius 2 is 2.25 bits per heavy atom. The number of nitrogens with one attached hydrogen (secondary N) is 1. The molecule has 0 unspecified atom stereocenters. The van der Waals surface area contributed by atoms with Crippen molar-refractivity contribution in [3.8, 4) is 0 Å². The molecule has 0 aromatic carbocycles. The Balaban J connectivity index is 2.46. The lowest BCUT2D eigenvalue weighted by Crippen LogP contribution is -2.10. The number of aromatic nitrogens is 1. The fourth-order valence-corrected chi connectivity index (χ4v) is 1.53. The number of nitrogens with zero attached hydrogens (tertiary/aromatic N) is 1. The first-order chi connectivity index (χ1) is 7.67. The van der Waals surface area contributed by atoms with E-state index < -0.39 is 0 Å². The highest BCUT2D eigenvalue weighted by molar-refractivity contribution is 5.91. The van der Waals surface area contributed by atoms with E-state index in [2.05, 4.69) is 12.2 Å². The van der Waals surface area contributed by atoms with Crippen LogP contribution in [0.3, 0.4) is 0 Å². The minimum absolute atomic E-state index is 0.0106. The topological polar surface area (TPSA) is 51.1 Å². The molecule has 0 bridgehead atoms. The maximum absolute atomic E-state index is 11.5. The van der Waals surface area contributed by atoms with Crippen LogP contribution in [0.2, 0.25) is 0 Å². The molecule has 4 heteroatoms. The smallest absolute Gasteiger partial charge is 0.224 e. The molecule has 0 spiro atoms. The van der Waals surface area contributed by atoms with Crippen molar-refractivity contribution in [2.75, 3.05) is 5.32 Å². The molecule has 0 aliphatic carbocycles. The van der Waals surface area contributed by atoms with Crippen molar-refractivity contribution in [3.05, 3.63) is 18.0 Å². The van der Waals surface area contributed by atoms with Gasteiger partial charge >= 0.3 is 0 Å². The Bertz CT molecular complexity index is 369. The fourth-order valence-electron chi connectivity index (χ4n) is 1.53. The Hall–Kier alpha value is -1.58. The zero-order valence-corrected chi connectivity index (χ0v) is 9.82. The fraction of sp³-hybridized carbons (Fsp3) is 0.500. The molecule has 16 heavy (non-hydrogen) atoms. The van der Waals surface area contributed by atoms with Crippen molar-refractivity contribution >= 4 is 17.9 Å². The molecule has 88 valence electrons. The van der Waals surface area contributed by atoms with Crippen LogP contribution in [0.4, 0.5) is 5.69 Å². The molecule has 0 aliphatic rings. The van der Waals surface area contributed by atoms with Crippen molar-refractivity contribution in [2.24, 2.45) is 7.05 Å². The first-order valence-electron chi connectivity index (χ1n) is 5.58. The van der Waals surface area contributed by atoms with Crippen LogP contribution in [-0.4, -0.2) is 16.8 Å². The van der Waals surface area contributed by atoms with Crippen LogP contribution in [0.5, 0.6) is 0 Å². The summed E-state index contributed by atoms with van der Waals surface area (Å²) in [5, 5.41) is 2.78. The van der Waals surface area contributed by atoms with Crippen LogP contribution in [0.15, 0.2) is 12.3 Å². The second-order valence-corrected chi connectivity index (χ2v) is 3.89. The second-order valence-electron chi connectivity index (χ2n) is 3.89. The average molecular weight is 222 g/mol. The van der Waals surface area contributed by atoms with Crippen molar-refractivity contribution in [1.29, 1.82) is 0 Å². The molecular formula is C12H18N2O2. The molecular weight excluding hydrogens is 204 g/mol. The van der Waals surface area contributed by atoms with Gasteiger partial charge in [0.05, 0.1) is 11.4 Å². The lowest BCUT2D eigenvalue weighted by Gasteiger charge is -2.01. The van der Waals surface area contributed by atoms with Crippen molar-refractivity contribution in [1.82, 2.24) is 4.57 Å². The zero-order valence-electron chi connectivity index (χ0n) is 9.82. The van der Waals surface area contributed by atoms with E-state index >= 15 is 0 Å². The van der Waals surface area contributed by atoms with Crippen LogP contribution >= 0.6 is 0 Å². The highest BCUT2D eigenvalue weighted by atomic mass is 16.1. The average Bonchev–Trinajstić information content (AvgIpc) is 2.59. The first-order valence-corrected chi connectivity index (χ1v) is 5.58. The molecule has 0 fully saturated rings. The SMILES string of the molecule is CCCCCC(=O)Nc1cc(C=O)n(C)c1. The summed E-state index contributed by atoms with van der Waals surface area (Å²) in [6.45, 7) is 2.10. The van der Waals surface area contributed by atoms with Gasteiger partial charge in [-0.25, -0.2) is 0 Å².